The number of hydrogen-bond acceptors (Lipinski definition) is 4. The largest absolute Gasteiger partial charge is 0.480 e. The van der Waals surface area contributed by atoms with Crippen LogP contribution in [0.15, 0.2) is 23.1 Å². The van der Waals surface area contributed by atoms with Gasteiger partial charge in [0.05, 0.1) is 4.90 Å². The number of carbonyl (C=O) groups is 1. The van der Waals surface area contributed by atoms with Gasteiger partial charge < -0.3 is 9.64 Å². The Morgan fingerprint density at radius 1 is 1.03 bits per heavy atom. The summed E-state index contributed by atoms with van der Waals surface area (Å²) in [6.07, 6.45) is 3.74. The Hall–Kier alpha value is -1.60. The summed E-state index contributed by atoms with van der Waals surface area (Å²) in [5.41, 5.74) is 0.819. The quantitative estimate of drug-likeness (QED) is 0.753. The molecule has 2 fully saturated rings. The number of amides is 1. The number of nitrogens with zero attached hydrogens (tertiary/aromatic N) is 2. The molecule has 0 saturated carbocycles. The summed E-state index contributed by atoms with van der Waals surface area (Å²) in [5, 5.41) is 0. The van der Waals surface area contributed by atoms with Gasteiger partial charge in [0.2, 0.25) is 10.0 Å². The molecule has 3 aliphatic rings. The average Bonchev–Trinajstić information content (AvgIpc) is 3.03. The monoisotopic (exact) mass is 420 g/mol. The van der Waals surface area contributed by atoms with E-state index < -0.39 is 16.1 Å². The number of benzene rings is 1. The van der Waals surface area contributed by atoms with E-state index in [0.29, 0.717) is 35.6 Å². The minimum absolute atomic E-state index is 0.0245. The van der Waals surface area contributed by atoms with Crippen molar-refractivity contribution in [1.82, 2.24) is 9.21 Å². The molecule has 0 spiro atoms. The number of rotatable bonds is 3. The smallest absolute Gasteiger partial charge is 0.264 e. The SMILES string of the molecule is CC1CC(C)CN(S(=O)(=O)c2ccc3c(c2)C(C)C(C(=O)N2CCCCC2)O3)C1. The van der Waals surface area contributed by atoms with Crippen molar-refractivity contribution in [2.75, 3.05) is 26.2 Å². The zero-order chi connectivity index (χ0) is 20.8. The highest BCUT2D eigenvalue weighted by Gasteiger charge is 2.40. The third kappa shape index (κ3) is 3.91. The second kappa shape index (κ2) is 7.91. The maximum Gasteiger partial charge on any atom is 0.264 e. The first-order chi connectivity index (χ1) is 13.8. The van der Waals surface area contributed by atoms with Crippen LogP contribution < -0.4 is 4.74 Å². The first-order valence-corrected chi connectivity index (χ1v) is 12.3. The number of sulfonamides is 1. The lowest BCUT2D eigenvalue weighted by atomic mass is 9.94. The first kappa shape index (κ1) is 20.7. The summed E-state index contributed by atoms with van der Waals surface area (Å²) < 4.78 is 34.1. The summed E-state index contributed by atoms with van der Waals surface area (Å²) in [7, 11) is -3.55. The van der Waals surface area contributed by atoms with Gasteiger partial charge in [-0.1, -0.05) is 20.8 Å². The molecule has 1 amide bonds. The summed E-state index contributed by atoms with van der Waals surface area (Å²) in [5.74, 6) is 1.21. The molecule has 0 aromatic heterocycles. The van der Waals surface area contributed by atoms with Gasteiger partial charge in [-0.2, -0.15) is 4.31 Å². The Balaban J connectivity index is 1.56. The number of carbonyl (C=O) groups excluding carboxylic acids is 1. The van der Waals surface area contributed by atoms with E-state index in [-0.39, 0.29) is 11.8 Å². The van der Waals surface area contributed by atoms with E-state index >= 15 is 0 Å². The third-order valence-electron chi connectivity index (χ3n) is 6.56. The van der Waals surface area contributed by atoms with Crippen molar-refractivity contribution in [2.45, 2.75) is 63.4 Å². The van der Waals surface area contributed by atoms with Crippen LogP contribution in [0.1, 0.15) is 57.9 Å². The highest BCUT2D eigenvalue weighted by Crippen LogP contribution is 2.41. The Kier molecular flexibility index (Phi) is 5.64. The average molecular weight is 421 g/mol. The molecule has 29 heavy (non-hydrogen) atoms. The maximum atomic E-state index is 13.3. The molecular formula is C22H32N2O4S. The summed E-state index contributed by atoms with van der Waals surface area (Å²) in [6.45, 7) is 8.86. The number of likely N-dealkylation sites (tertiary alicyclic amines) is 1. The Bertz CT molecular complexity index is 869. The first-order valence-electron chi connectivity index (χ1n) is 10.9. The van der Waals surface area contributed by atoms with Crippen molar-refractivity contribution in [2.24, 2.45) is 11.8 Å². The fraction of sp³-hybridized carbons (Fsp3) is 0.682. The standard InChI is InChI=1S/C22H32N2O4S/c1-15-11-16(2)14-24(13-15)29(26,27)18-7-8-20-19(12-18)17(3)21(28-20)22(25)23-9-5-4-6-10-23/h7-8,12,15-17,21H,4-6,9-11,13-14H2,1-3H3. The van der Waals surface area contributed by atoms with Gasteiger partial charge in [0.25, 0.3) is 5.91 Å². The van der Waals surface area contributed by atoms with Gasteiger partial charge in [0.1, 0.15) is 5.75 Å². The Morgan fingerprint density at radius 3 is 2.34 bits per heavy atom. The molecule has 4 atom stereocenters. The number of hydrogen-bond donors (Lipinski definition) is 0. The molecular weight excluding hydrogens is 388 g/mol. The molecule has 1 aromatic carbocycles. The van der Waals surface area contributed by atoms with Gasteiger partial charge in [0, 0.05) is 37.7 Å². The second-order valence-electron chi connectivity index (χ2n) is 9.18. The number of ether oxygens (including phenoxy) is 1. The lowest BCUT2D eigenvalue weighted by Crippen LogP contribution is -2.44. The van der Waals surface area contributed by atoms with E-state index in [1.165, 1.54) is 6.42 Å². The zero-order valence-corrected chi connectivity index (χ0v) is 18.5. The van der Waals surface area contributed by atoms with Crippen LogP contribution in [-0.4, -0.2) is 55.8 Å². The molecule has 0 aliphatic carbocycles. The summed E-state index contributed by atoms with van der Waals surface area (Å²) in [4.78, 5) is 15.2. The zero-order valence-electron chi connectivity index (χ0n) is 17.6. The van der Waals surface area contributed by atoms with Gasteiger partial charge in [-0.15, -0.1) is 0 Å². The van der Waals surface area contributed by atoms with E-state index in [1.54, 1.807) is 22.5 Å². The van der Waals surface area contributed by atoms with Gasteiger partial charge in [-0.05, 0) is 55.7 Å². The number of fused-ring (bicyclic) bond motifs is 1. The molecule has 2 saturated heterocycles. The van der Waals surface area contributed by atoms with Crippen LogP contribution >= 0.6 is 0 Å². The topological polar surface area (TPSA) is 66.9 Å². The fourth-order valence-electron chi connectivity index (χ4n) is 5.06. The molecule has 0 N–H and O–H groups in total. The molecule has 1 aromatic rings. The minimum atomic E-state index is -3.55. The molecule has 4 rings (SSSR count). The minimum Gasteiger partial charge on any atom is -0.480 e. The van der Waals surface area contributed by atoms with Gasteiger partial charge in [-0.3, -0.25) is 4.79 Å². The summed E-state index contributed by atoms with van der Waals surface area (Å²) in [6, 6.07) is 5.07. The number of piperidine rings is 2. The highest BCUT2D eigenvalue weighted by molar-refractivity contribution is 7.89. The van der Waals surface area contributed by atoms with Crippen molar-refractivity contribution in [1.29, 1.82) is 0 Å². The van der Waals surface area contributed by atoms with Crippen molar-refractivity contribution in [3.63, 3.8) is 0 Å². The van der Waals surface area contributed by atoms with Crippen LogP contribution in [0.25, 0.3) is 0 Å². The molecule has 0 bridgehead atoms. The molecule has 0 radical (unpaired) electrons. The van der Waals surface area contributed by atoms with Crippen LogP contribution in [0.5, 0.6) is 5.75 Å². The molecule has 4 unspecified atom stereocenters. The van der Waals surface area contributed by atoms with Crippen LogP contribution in [0, 0.1) is 11.8 Å². The van der Waals surface area contributed by atoms with Crippen LogP contribution in [0.4, 0.5) is 0 Å². The maximum absolute atomic E-state index is 13.3. The second-order valence-corrected chi connectivity index (χ2v) is 11.1. The Morgan fingerprint density at radius 2 is 1.69 bits per heavy atom. The Labute approximate surface area is 174 Å². The van der Waals surface area contributed by atoms with Gasteiger partial charge in [0.15, 0.2) is 6.10 Å². The van der Waals surface area contributed by atoms with E-state index in [4.69, 9.17) is 4.74 Å². The van der Waals surface area contributed by atoms with Crippen LogP contribution in [0.3, 0.4) is 0 Å². The van der Waals surface area contributed by atoms with E-state index in [2.05, 4.69) is 13.8 Å². The highest BCUT2D eigenvalue weighted by atomic mass is 32.2. The van der Waals surface area contributed by atoms with Gasteiger partial charge in [-0.25, -0.2) is 8.42 Å². The normalized spacial score (nSPS) is 30.7. The fourth-order valence-corrected chi connectivity index (χ4v) is 6.78. The van der Waals surface area contributed by atoms with Crippen LogP contribution in [-0.2, 0) is 14.8 Å². The predicted octanol–water partition coefficient (Wildman–Crippen LogP) is 3.23. The predicted molar refractivity (Wildman–Crippen MR) is 111 cm³/mol. The molecule has 3 heterocycles. The van der Waals surface area contributed by atoms with Crippen LogP contribution in [0.2, 0.25) is 0 Å². The molecule has 3 aliphatic heterocycles. The van der Waals surface area contributed by atoms with Gasteiger partial charge >= 0.3 is 0 Å². The lowest BCUT2D eigenvalue weighted by molar-refractivity contribution is -0.139. The van der Waals surface area contributed by atoms with Crippen molar-refractivity contribution in [3.8, 4) is 5.75 Å². The molecule has 160 valence electrons. The third-order valence-corrected chi connectivity index (χ3v) is 8.39. The van der Waals surface area contributed by atoms with Crippen molar-refractivity contribution in [3.05, 3.63) is 23.8 Å². The van der Waals surface area contributed by atoms with E-state index in [9.17, 15) is 13.2 Å². The van der Waals surface area contributed by atoms with E-state index in [1.807, 2.05) is 11.8 Å². The lowest BCUT2D eigenvalue weighted by Gasteiger charge is -2.34. The summed E-state index contributed by atoms with van der Waals surface area (Å²) >= 11 is 0. The molecule has 7 heteroatoms. The van der Waals surface area contributed by atoms with E-state index in [0.717, 1.165) is 37.9 Å². The molecule has 6 nitrogen and oxygen atoms in total. The van der Waals surface area contributed by atoms with Crippen molar-refractivity contribution < 1.29 is 17.9 Å². The van der Waals surface area contributed by atoms with Crippen molar-refractivity contribution >= 4 is 15.9 Å².